The van der Waals surface area contributed by atoms with Gasteiger partial charge in [0.05, 0.1) is 10.6 Å². The number of sulfonamides is 1. The number of rotatable bonds is 5. The normalized spacial score (nSPS) is 16.5. The molecule has 3 heterocycles. The van der Waals surface area contributed by atoms with Crippen molar-refractivity contribution in [2.45, 2.75) is 18.4 Å². The van der Waals surface area contributed by atoms with Crippen LogP contribution in [0.2, 0.25) is 5.02 Å². The van der Waals surface area contributed by atoms with Crippen molar-refractivity contribution in [3.63, 3.8) is 0 Å². The number of nitrogens with zero attached hydrogens (tertiary/aromatic N) is 3. The van der Waals surface area contributed by atoms with Crippen molar-refractivity contribution in [1.82, 2.24) is 14.2 Å². The third-order valence-electron chi connectivity index (χ3n) is 4.65. The van der Waals surface area contributed by atoms with Crippen LogP contribution in [0.15, 0.2) is 51.1 Å². The van der Waals surface area contributed by atoms with Gasteiger partial charge in [-0.2, -0.15) is 4.31 Å². The number of aromatic nitrogens is 1. The maximum Gasteiger partial charge on any atom is 0.243 e. The van der Waals surface area contributed by atoms with Gasteiger partial charge in [0.2, 0.25) is 10.0 Å². The summed E-state index contributed by atoms with van der Waals surface area (Å²) in [5.41, 5.74) is 0.972. The van der Waals surface area contributed by atoms with Gasteiger partial charge in [0, 0.05) is 43.1 Å². The number of thiazole rings is 1. The summed E-state index contributed by atoms with van der Waals surface area (Å²) >= 11 is 7.50. The van der Waals surface area contributed by atoms with Crippen LogP contribution in [0.5, 0.6) is 0 Å². The van der Waals surface area contributed by atoms with Gasteiger partial charge in [0.1, 0.15) is 5.76 Å². The molecule has 1 aliphatic heterocycles. The van der Waals surface area contributed by atoms with Gasteiger partial charge in [0.25, 0.3) is 0 Å². The predicted molar refractivity (Wildman–Crippen MR) is 110 cm³/mol. The molecule has 2 aromatic heterocycles. The monoisotopic (exact) mass is 437 g/mol. The van der Waals surface area contributed by atoms with Crippen molar-refractivity contribution in [3.05, 3.63) is 58.3 Å². The second-order valence-electron chi connectivity index (χ2n) is 6.69. The number of halogens is 1. The lowest BCUT2D eigenvalue weighted by molar-refractivity contribution is 0.180. The fraction of sp³-hybridized carbons (Fsp3) is 0.316. The average Bonchev–Trinajstić information content (AvgIpc) is 3.31. The van der Waals surface area contributed by atoms with Gasteiger partial charge in [0.15, 0.2) is 10.8 Å². The molecule has 4 rings (SSSR count). The van der Waals surface area contributed by atoms with E-state index in [4.69, 9.17) is 16.0 Å². The van der Waals surface area contributed by atoms with Crippen LogP contribution in [0.25, 0.3) is 10.8 Å². The van der Waals surface area contributed by atoms with Gasteiger partial charge in [-0.1, -0.05) is 17.7 Å². The van der Waals surface area contributed by atoms with E-state index in [-0.39, 0.29) is 4.90 Å². The summed E-state index contributed by atoms with van der Waals surface area (Å²) in [5, 5.41) is 3.32. The molecular formula is C19H20ClN3O3S2. The molecule has 1 aromatic carbocycles. The van der Waals surface area contributed by atoms with Gasteiger partial charge < -0.3 is 4.42 Å². The minimum atomic E-state index is -3.51. The van der Waals surface area contributed by atoms with Crippen LogP contribution in [0, 0.1) is 6.92 Å². The molecule has 9 heteroatoms. The lowest BCUT2D eigenvalue weighted by Crippen LogP contribution is -2.48. The maximum atomic E-state index is 12.8. The standard InChI is InChI=1S/C19H20ClN3O3S2/c1-14-5-6-18(26-14)19-21-16(13-27-19)12-22-7-9-23(10-8-22)28(24,25)17-4-2-3-15(20)11-17/h2-6,11,13H,7-10,12H2,1H3. The lowest BCUT2D eigenvalue weighted by Gasteiger charge is -2.33. The zero-order valence-corrected chi connectivity index (χ0v) is 17.7. The number of hydrogen-bond acceptors (Lipinski definition) is 6. The van der Waals surface area contributed by atoms with E-state index in [1.54, 1.807) is 29.5 Å². The smallest absolute Gasteiger partial charge is 0.243 e. The molecule has 28 heavy (non-hydrogen) atoms. The van der Waals surface area contributed by atoms with Crippen molar-refractivity contribution >= 4 is 33.0 Å². The van der Waals surface area contributed by atoms with Crippen LogP contribution in [0.4, 0.5) is 0 Å². The maximum absolute atomic E-state index is 12.8. The van der Waals surface area contributed by atoms with Crippen LogP contribution in [-0.4, -0.2) is 48.8 Å². The Bertz CT molecular complexity index is 1070. The highest BCUT2D eigenvalue weighted by Gasteiger charge is 2.28. The van der Waals surface area contributed by atoms with Crippen LogP contribution in [-0.2, 0) is 16.6 Å². The van der Waals surface area contributed by atoms with E-state index in [2.05, 4.69) is 9.88 Å². The zero-order valence-electron chi connectivity index (χ0n) is 15.3. The molecule has 3 aromatic rings. The molecule has 1 saturated heterocycles. The van der Waals surface area contributed by atoms with E-state index < -0.39 is 10.0 Å². The van der Waals surface area contributed by atoms with Crippen molar-refractivity contribution in [2.24, 2.45) is 0 Å². The molecule has 0 unspecified atom stereocenters. The first kappa shape index (κ1) is 19.6. The lowest BCUT2D eigenvalue weighted by atomic mass is 10.3. The summed E-state index contributed by atoms with van der Waals surface area (Å²) in [6.07, 6.45) is 0. The van der Waals surface area contributed by atoms with Crippen LogP contribution >= 0.6 is 22.9 Å². The number of piperazine rings is 1. The zero-order chi connectivity index (χ0) is 19.7. The molecule has 0 radical (unpaired) electrons. The Morgan fingerprint density at radius 2 is 1.96 bits per heavy atom. The minimum absolute atomic E-state index is 0.242. The molecule has 0 amide bonds. The Morgan fingerprint density at radius 3 is 2.64 bits per heavy atom. The molecule has 0 saturated carbocycles. The second kappa shape index (κ2) is 7.96. The minimum Gasteiger partial charge on any atom is -0.459 e. The summed E-state index contributed by atoms with van der Waals surface area (Å²) in [4.78, 5) is 7.11. The van der Waals surface area contributed by atoms with Crippen LogP contribution in [0.3, 0.4) is 0 Å². The van der Waals surface area contributed by atoms with Crippen molar-refractivity contribution in [3.8, 4) is 10.8 Å². The first-order chi connectivity index (χ1) is 13.4. The van der Waals surface area contributed by atoms with Gasteiger partial charge in [-0.25, -0.2) is 13.4 Å². The number of furan rings is 1. The van der Waals surface area contributed by atoms with E-state index in [0.29, 0.717) is 37.7 Å². The predicted octanol–water partition coefficient (Wildman–Crippen LogP) is 3.87. The molecule has 1 fully saturated rings. The highest BCUT2D eigenvalue weighted by Crippen LogP contribution is 2.26. The molecule has 6 nitrogen and oxygen atoms in total. The van der Waals surface area contributed by atoms with Gasteiger partial charge >= 0.3 is 0 Å². The Morgan fingerprint density at radius 1 is 1.18 bits per heavy atom. The molecule has 0 spiro atoms. The Hall–Kier alpha value is -1.71. The van der Waals surface area contributed by atoms with E-state index >= 15 is 0 Å². The van der Waals surface area contributed by atoms with Crippen molar-refractivity contribution < 1.29 is 12.8 Å². The summed E-state index contributed by atoms with van der Waals surface area (Å²) < 4.78 is 32.7. The van der Waals surface area contributed by atoms with E-state index in [1.807, 2.05) is 24.4 Å². The molecule has 0 N–H and O–H groups in total. The molecule has 0 bridgehead atoms. The van der Waals surface area contributed by atoms with E-state index in [0.717, 1.165) is 22.2 Å². The SMILES string of the molecule is Cc1ccc(-c2nc(CN3CCN(S(=O)(=O)c4cccc(Cl)c4)CC3)cs2)o1. The Balaban J connectivity index is 1.37. The van der Waals surface area contributed by atoms with Crippen LogP contribution < -0.4 is 0 Å². The quantitative estimate of drug-likeness (QED) is 0.606. The van der Waals surface area contributed by atoms with Gasteiger partial charge in [-0.3, -0.25) is 4.90 Å². The first-order valence-corrected chi connectivity index (χ1v) is 11.6. The number of hydrogen-bond donors (Lipinski definition) is 0. The van der Waals surface area contributed by atoms with Gasteiger partial charge in [-0.15, -0.1) is 11.3 Å². The Labute approximate surface area is 173 Å². The highest BCUT2D eigenvalue weighted by atomic mass is 35.5. The van der Waals surface area contributed by atoms with E-state index in [1.165, 1.54) is 10.4 Å². The highest BCUT2D eigenvalue weighted by molar-refractivity contribution is 7.89. The topological polar surface area (TPSA) is 66.7 Å². The van der Waals surface area contributed by atoms with Crippen molar-refractivity contribution in [1.29, 1.82) is 0 Å². The summed E-state index contributed by atoms with van der Waals surface area (Å²) in [6, 6.07) is 10.3. The third-order valence-corrected chi connectivity index (χ3v) is 7.69. The fourth-order valence-corrected chi connectivity index (χ4v) is 5.67. The van der Waals surface area contributed by atoms with Gasteiger partial charge in [-0.05, 0) is 37.3 Å². The first-order valence-electron chi connectivity index (χ1n) is 8.91. The van der Waals surface area contributed by atoms with Crippen molar-refractivity contribution in [2.75, 3.05) is 26.2 Å². The molecule has 148 valence electrons. The summed E-state index contributed by atoms with van der Waals surface area (Å²) in [7, 11) is -3.51. The Kier molecular flexibility index (Phi) is 5.57. The third kappa shape index (κ3) is 4.16. The van der Waals surface area contributed by atoms with Crippen LogP contribution in [0.1, 0.15) is 11.5 Å². The molecule has 1 aliphatic rings. The summed E-state index contributed by atoms with van der Waals surface area (Å²) in [5.74, 6) is 1.65. The molecule has 0 atom stereocenters. The second-order valence-corrected chi connectivity index (χ2v) is 9.92. The average molecular weight is 438 g/mol. The largest absolute Gasteiger partial charge is 0.459 e. The van der Waals surface area contributed by atoms with E-state index in [9.17, 15) is 8.42 Å². The number of aryl methyl sites for hydroxylation is 1. The molecule has 0 aliphatic carbocycles. The summed E-state index contributed by atoms with van der Waals surface area (Å²) in [6.45, 7) is 4.82. The number of benzene rings is 1. The molecular weight excluding hydrogens is 418 g/mol. The fourth-order valence-electron chi connectivity index (χ4n) is 3.18.